The van der Waals surface area contributed by atoms with E-state index in [1.54, 1.807) is 0 Å². The summed E-state index contributed by atoms with van der Waals surface area (Å²) in [5, 5.41) is 9.71. The zero-order valence-electron chi connectivity index (χ0n) is 26.9. The first-order valence-electron chi connectivity index (χ1n) is 16.9. The number of para-hydroxylation sites is 5. The Labute approximate surface area is 291 Å². The molecule has 4 heteroatoms. The number of hydrogen-bond donors (Lipinski definition) is 0. The Morgan fingerprint density at radius 2 is 1.18 bits per heavy atom. The van der Waals surface area contributed by atoms with E-state index < -0.39 is 0 Å². The Morgan fingerprint density at radius 1 is 0.460 bits per heavy atom. The summed E-state index contributed by atoms with van der Waals surface area (Å²) in [7, 11) is 0. The maximum absolute atomic E-state index is 6.73. The average molecular weight is 657 g/mol. The van der Waals surface area contributed by atoms with Crippen molar-refractivity contribution in [3.63, 3.8) is 0 Å². The van der Waals surface area contributed by atoms with Gasteiger partial charge >= 0.3 is 0 Å². The normalized spacial score (nSPS) is 12.0. The molecule has 0 fully saturated rings. The molecule has 0 saturated carbocycles. The van der Waals surface area contributed by atoms with Crippen molar-refractivity contribution in [2.45, 2.75) is 0 Å². The van der Waals surface area contributed by atoms with Gasteiger partial charge in [-0.15, -0.1) is 11.3 Å². The molecule has 0 unspecified atom stereocenters. The zero-order chi connectivity index (χ0) is 32.8. The van der Waals surface area contributed by atoms with Crippen molar-refractivity contribution >= 4 is 103 Å². The topological polar surface area (TPSA) is 21.3 Å². The van der Waals surface area contributed by atoms with Crippen LogP contribution in [0.2, 0.25) is 0 Å². The summed E-state index contributed by atoms with van der Waals surface area (Å²) < 4.78 is 11.8. The second kappa shape index (κ2) is 10.6. The van der Waals surface area contributed by atoms with Gasteiger partial charge in [-0.2, -0.15) is 0 Å². The highest BCUT2D eigenvalue weighted by Crippen LogP contribution is 2.47. The number of aromatic nitrogens is 1. The molecule has 0 N–H and O–H groups in total. The van der Waals surface area contributed by atoms with Gasteiger partial charge < -0.3 is 13.9 Å². The van der Waals surface area contributed by atoms with Crippen molar-refractivity contribution in [1.29, 1.82) is 0 Å². The van der Waals surface area contributed by atoms with Crippen LogP contribution in [-0.2, 0) is 0 Å². The molecule has 0 atom stereocenters. The number of hydrogen-bond acceptors (Lipinski definition) is 3. The largest absolute Gasteiger partial charge is 0.454 e. The van der Waals surface area contributed by atoms with E-state index in [1.165, 1.54) is 47.2 Å². The van der Waals surface area contributed by atoms with E-state index in [-0.39, 0.29) is 0 Å². The Morgan fingerprint density at radius 3 is 2.08 bits per heavy atom. The first-order chi connectivity index (χ1) is 24.8. The summed E-state index contributed by atoms with van der Waals surface area (Å²) in [6.45, 7) is 0. The lowest BCUT2D eigenvalue weighted by atomic mass is 10.0. The van der Waals surface area contributed by atoms with Crippen LogP contribution in [0.1, 0.15) is 0 Å². The van der Waals surface area contributed by atoms with Crippen molar-refractivity contribution in [1.82, 2.24) is 4.57 Å². The number of fused-ring (bicyclic) bond motifs is 10. The lowest BCUT2D eigenvalue weighted by Crippen LogP contribution is -2.12. The maximum atomic E-state index is 6.73. The third kappa shape index (κ3) is 3.97. The first kappa shape index (κ1) is 27.6. The summed E-state index contributed by atoms with van der Waals surface area (Å²) >= 11 is 1.86. The highest BCUT2D eigenvalue weighted by Gasteiger charge is 2.24. The lowest BCUT2D eigenvalue weighted by Gasteiger charge is -2.27. The second-order valence-electron chi connectivity index (χ2n) is 12.9. The minimum absolute atomic E-state index is 0.869. The molecule has 3 heterocycles. The number of furan rings is 1. The number of benzene rings is 8. The molecule has 0 aliphatic carbocycles. The van der Waals surface area contributed by atoms with Crippen molar-refractivity contribution in [3.8, 4) is 5.69 Å². The summed E-state index contributed by atoms with van der Waals surface area (Å²) in [6.07, 6.45) is 0. The van der Waals surface area contributed by atoms with Crippen LogP contribution in [0.5, 0.6) is 0 Å². The molecule has 0 radical (unpaired) electrons. The van der Waals surface area contributed by atoms with Crippen molar-refractivity contribution in [3.05, 3.63) is 170 Å². The summed E-state index contributed by atoms with van der Waals surface area (Å²) in [4.78, 5) is 2.40. The fraction of sp³-hybridized carbons (Fsp3) is 0. The second-order valence-corrected chi connectivity index (χ2v) is 14.0. The molecule has 3 aromatic heterocycles. The third-order valence-corrected chi connectivity index (χ3v) is 11.3. The Bertz CT molecular complexity index is 3110. The number of anilines is 3. The molecule has 0 aliphatic rings. The highest BCUT2D eigenvalue weighted by atomic mass is 32.1. The van der Waals surface area contributed by atoms with E-state index in [9.17, 15) is 0 Å². The standard InChI is InChI=1S/C46H28N2OS/c1-2-12-31(13-3-1)48-39-19-7-4-14-33(39)36-17-10-20-40(45(36)48)47(41-21-11-18-37-34-15-5-8-22-42(34)49-46(37)41)32-25-24-29-27-38-35-16-6-9-23-43(35)50-44(38)28-30(29)26-32/h1-28H. The lowest BCUT2D eigenvalue weighted by molar-refractivity contribution is 0.669. The predicted octanol–water partition coefficient (Wildman–Crippen LogP) is 13.7. The molecule has 8 aromatic carbocycles. The number of rotatable bonds is 4. The molecule has 3 nitrogen and oxygen atoms in total. The Kier molecular flexibility index (Phi) is 5.83. The predicted molar refractivity (Wildman–Crippen MR) is 213 cm³/mol. The quantitative estimate of drug-likeness (QED) is 0.188. The smallest absolute Gasteiger partial charge is 0.159 e. The fourth-order valence-electron chi connectivity index (χ4n) is 7.94. The Balaban J connectivity index is 1.25. The minimum Gasteiger partial charge on any atom is -0.454 e. The molecule has 11 aromatic rings. The third-order valence-electron chi connectivity index (χ3n) is 10.1. The SMILES string of the molecule is c1ccc(-n2c3ccccc3c3cccc(N(c4ccc5cc6c(cc5c4)sc4ccccc46)c4cccc5c4oc4ccccc45)c32)cc1. The van der Waals surface area contributed by atoms with Gasteiger partial charge in [0.25, 0.3) is 0 Å². The fourth-order valence-corrected chi connectivity index (χ4v) is 9.07. The van der Waals surface area contributed by atoms with Gasteiger partial charge in [0.2, 0.25) is 0 Å². The van der Waals surface area contributed by atoms with Gasteiger partial charge in [-0.3, -0.25) is 0 Å². The summed E-state index contributed by atoms with van der Waals surface area (Å²) in [5.41, 5.74) is 8.35. The molecular weight excluding hydrogens is 629 g/mol. The van der Waals surface area contributed by atoms with Gasteiger partial charge in [-0.25, -0.2) is 0 Å². The number of nitrogens with zero attached hydrogens (tertiary/aromatic N) is 2. The minimum atomic E-state index is 0.869. The van der Waals surface area contributed by atoms with Crippen LogP contribution in [0, 0.1) is 0 Å². The molecule has 0 bridgehead atoms. The van der Waals surface area contributed by atoms with Crippen LogP contribution in [0.15, 0.2) is 174 Å². The van der Waals surface area contributed by atoms with Crippen molar-refractivity contribution in [2.75, 3.05) is 4.90 Å². The van der Waals surface area contributed by atoms with Crippen molar-refractivity contribution in [2.24, 2.45) is 0 Å². The highest BCUT2D eigenvalue weighted by molar-refractivity contribution is 7.25. The van der Waals surface area contributed by atoms with Gasteiger partial charge in [-0.1, -0.05) is 103 Å². The van der Waals surface area contributed by atoms with E-state index in [0.29, 0.717) is 0 Å². The van der Waals surface area contributed by atoms with Crippen LogP contribution in [0.4, 0.5) is 17.1 Å². The van der Waals surface area contributed by atoms with Gasteiger partial charge in [-0.05, 0) is 77.5 Å². The van der Waals surface area contributed by atoms with Gasteiger partial charge in [0.1, 0.15) is 5.58 Å². The van der Waals surface area contributed by atoms with Gasteiger partial charge in [0, 0.05) is 53.1 Å². The molecule has 0 aliphatic heterocycles. The van der Waals surface area contributed by atoms with Crippen LogP contribution in [-0.4, -0.2) is 4.57 Å². The van der Waals surface area contributed by atoms with E-state index in [4.69, 9.17) is 4.42 Å². The maximum Gasteiger partial charge on any atom is 0.159 e. The molecule has 0 spiro atoms. The average Bonchev–Trinajstić information content (AvgIpc) is 3.84. The molecule has 50 heavy (non-hydrogen) atoms. The number of thiophene rings is 1. The summed E-state index contributed by atoms with van der Waals surface area (Å²) in [5.74, 6) is 0. The molecule has 11 rings (SSSR count). The molecule has 0 saturated heterocycles. The van der Waals surface area contributed by atoms with E-state index >= 15 is 0 Å². The Hall–Kier alpha value is -6.36. The van der Waals surface area contributed by atoms with E-state index in [2.05, 4.69) is 173 Å². The van der Waals surface area contributed by atoms with Crippen LogP contribution >= 0.6 is 11.3 Å². The van der Waals surface area contributed by atoms with Crippen LogP contribution in [0.25, 0.3) is 80.4 Å². The van der Waals surface area contributed by atoms with Crippen LogP contribution < -0.4 is 4.90 Å². The van der Waals surface area contributed by atoms with Crippen molar-refractivity contribution < 1.29 is 4.42 Å². The van der Waals surface area contributed by atoms with E-state index in [0.717, 1.165) is 50.2 Å². The molecule has 0 amide bonds. The van der Waals surface area contributed by atoms with Gasteiger partial charge in [0.05, 0.1) is 22.4 Å². The van der Waals surface area contributed by atoms with Crippen LogP contribution in [0.3, 0.4) is 0 Å². The van der Waals surface area contributed by atoms with E-state index in [1.807, 2.05) is 17.4 Å². The molecular formula is C46H28N2OS. The monoisotopic (exact) mass is 656 g/mol. The van der Waals surface area contributed by atoms with Gasteiger partial charge in [0.15, 0.2) is 5.58 Å². The summed E-state index contributed by atoms with van der Waals surface area (Å²) in [6, 6.07) is 61.3. The molecule has 234 valence electrons. The first-order valence-corrected chi connectivity index (χ1v) is 17.7. The zero-order valence-corrected chi connectivity index (χ0v) is 27.7.